The molecule has 14 heteroatoms. The van der Waals surface area contributed by atoms with Gasteiger partial charge in [-0.2, -0.15) is 0 Å². The normalized spacial score (nSPS) is 12.3. The highest BCUT2D eigenvalue weighted by Crippen LogP contribution is 2.30. The smallest absolute Gasteiger partial charge is 0.312 e. The van der Waals surface area contributed by atoms with Crippen LogP contribution in [0.3, 0.4) is 0 Å². The monoisotopic (exact) mass is 531 g/mol. The van der Waals surface area contributed by atoms with Gasteiger partial charge in [0, 0.05) is 41.9 Å². The van der Waals surface area contributed by atoms with E-state index in [1.165, 1.54) is 44.1 Å². The fourth-order valence-electron chi connectivity index (χ4n) is 3.72. The van der Waals surface area contributed by atoms with Crippen molar-refractivity contribution in [3.05, 3.63) is 56.1 Å². The Morgan fingerprint density at radius 1 is 1.22 bits per heavy atom. The van der Waals surface area contributed by atoms with E-state index in [4.69, 9.17) is 0 Å². The number of ketones is 1. The largest absolute Gasteiger partial charge is 0.332 e. The zero-order chi connectivity index (χ0) is 27.0. The minimum atomic E-state index is -2.68. The van der Waals surface area contributed by atoms with Crippen LogP contribution in [0.2, 0.25) is 0 Å². The van der Waals surface area contributed by atoms with E-state index in [-0.39, 0.29) is 47.0 Å². The van der Waals surface area contributed by atoms with Gasteiger partial charge in [0.25, 0.3) is 12.0 Å². The number of halogens is 2. The summed E-state index contributed by atoms with van der Waals surface area (Å²) in [6.45, 7) is 4.28. The van der Waals surface area contributed by atoms with Crippen LogP contribution in [0, 0.1) is 6.92 Å². The minimum Gasteiger partial charge on any atom is -0.312 e. The molecule has 194 valence electrons. The van der Waals surface area contributed by atoms with Crippen molar-refractivity contribution in [2.75, 3.05) is 5.32 Å². The number of carbonyl (C=O) groups is 2. The molecule has 0 saturated heterocycles. The first kappa shape index (κ1) is 26.0. The van der Waals surface area contributed by atoms with Crippen LogP contribution in [0.15, 0.2) is 33.6 Å². The van der Waals surface area contributed by atoms with Gasteiger partial charge in [0.05, 0.1) is 12.9 Å². The van der Waals surface area contributed by atoms with Gasteiger partial charge in [-0.05, 0) is 19.9 Å². The van der Waals surface area contributed by atoms with Gasteiger partial charge in [-0.25, -0.2) is 23.5 Å². The van der Waals surface area contributed by atoms with Crippen molar-refractivity contribution >= 4 is 40.0 Å². The predicted molar refractivity (Wildman–Crippen MR) is 133 cm³/mol. The van der Waals surface area contributed by atoms with Gasteiger partial charge in [-0.15, -0.1) is 11.3 Å². The van der Waals surface area contributed by atoms with Crippen molar-refractivity contribution in [2.24, 2.45) is 7.05 Å². The highest BCUT2D eigenvalue weighted by atomic mass is 32.1. The van der Waals surface area contributed by atoms with Gasteiger partial charge >= 0.3 is 5.69 Å². The maximum atomic E-state index is 13.2. The number of nitrogens with one attached hydrogen (secondary N) is 1. The van der Waals surface area contributed by atoms with Crippen LogP contribution >= 0.6 is 11.3 Å². The Hall–Kier alpha value is -4.07. The van der Waals surface area contributed by atoms with Gasteiger partial charge in [0.1, 0.15) is 16.9 Å². The molecule has 0 aliphatic carbocycles. The molecule has 37 heavy (non-hydrogen) atoms. The first-order chi connectivity index (χ1) is 17.5. The molecule has 0 saturated carbocycles. The maximum absolute atomic E-state index is 13.2. The Balaban J connectivity index is 1.63. The molecule has 1 amide bonds. The van der Waals surface area contributed by atoms with Gasteiger partial charge in [0.2, 0.25) is 5.91 Å². The van der Waals surface area contributed by atoms with Crippen molar-refractivity contribution in [3.63, 3.8) is 0 Å². The number of alkyl halides is 2. The van der Waals surface area contributed by atoms with Crippen LogP contribution in [0.5, 0.6) is 0 Å². The van der Waals surface area contributed by atoms with E-state index in [0.29, 0.717) is 10.6 Å². The fourth-order valence-corrected chi connectivity index (χ4v) is 4.45. The van der Waals surface area contributed by atoms with Crippen molar-refractivity contribution in [1.82, 2.24) is 28.7 Å². The van der Waals surface area contributed by atoms with E-state index >= 15 is 0 Å². The molecule has 0 aromatic carbocycles. The Morgan fingerprint density at radius 2 is 1.95 bits per heavy atom. The van der Waals surface area contributed by atoms with Gasteiger partial charge in [-0.3, -0.25) is 28.5 Å². The second-order valence-corrected chi connectivity index (χ2v) is 9.21. The van der Waals surface area contributed by atoms with E-state index in [2.05, 4.69) is 20.3 Å². The summed E-state index contributed by atoms with van der Waals surface area (Å²) in [6.07, 6.45) is 0.188. The van der Waals surface area contributed by atoms with E-state index in [0.717, 1.165) is 20.5 Å². The summed E-state index contributed by atoms with van der Waals surface area (Å²) in [6, 6.07) is 0.373. The Bertz CT molecular complexity index is 1640. The van der Waals surface area contributed by atoms with E-state index in [9.17, 15) is 28.0 Å². The molecule has 4 aromatic rings. The molecule has 1 atom stereocenters. The van der Waals surface area contributed by atoms with Gasteiger partial charge in [-0.1, -0.05) is 6.92 Å². The Kier molecular flexibility index (Phi) is 7.12. The quantitative estimate of drug-likeness (QED) is 0.370. The summed E-state index contributed by atoms with van der Waals surface area (Å²) < 4.78 is 29.8. The molecule has 0 spiro atoms. The lowest BCUT2D eigenvalue weighted by molar-refractivity contribution is -0.120. The number of imidazole rings is 1. The summed E-state index contributed by atoms with van der Waals surface area (Å²) in [5.74, 6) is -0.631. The number of rotatable bonds is 8. The number of thiazole rings is 1. The second-order valence-electron chi connectivity index (χ2n) is 8.35. The zero-order valence-corrected chi connectivity index (χ0v) is 21.2. The molecule has 4 aromatic heterocycles. The molecular weight excluding hydrogens is 508 g/mol. The number of carbonyl (C=O) groups excluding carboxylic acids is 2. The number of anilines is 1. The summed E-state index contributed by atoms with van der Waals surface area (Å²) in [4.78, 5) is 63.1. The summed E-state index contributed by atoms with van der Waals surface area (Å²) in [5, 5.41) is 4.60. The number of pyridine rings is 1. The first-order valence-electron chi connectivity index (χ1n) is 11.2. The Labute approximate surface area is 212 Å². The number of fused-ring (bicyclic) bond motifs is 1. The highest BCUT2D eigenvalue weighted by Gasteiger charge is 2.24. The molecule has 11 nitrogen and oxygen atoms in total. The van der Waals surface area contributed by atoms with Crippen molar-refractivity contribution in [1.29, 1.82) is 0 Å². The Morgan fingerprint density at radius 3 is 2.62 bits per heavy atom. The average Bonchev–Trinajstić information content (AvgIpc) is 3.52. The molecule has 4 heterocycles. The molecule has 0 unspecified atom stereocenters. The zero-order valence-electron chi connectivity index (χ0n) is 20.4. The number of hydrogen-bond donors (Lipinski definition) is 1. The molecule has 0 radical (unpaired) electrons. The number of aromatic nitrogens is 6. The van der Waals surface area contributed by atoms with Gasteiger partial charge in [0.15, 0.2) is 16.9 Å². The van der Waals surface area contributed by atoms with Gasteiger partial charge < -0.3 is 9.88 Å². The van der Waals surface area contributed by atoms with Crippen LogP contribution in [0.1, 0.15) is 44.0 Å². The van der Waals surface area contributed by atoms with Crippen LogP contribution < -0.4 is 16.6 Å². The first-order valence-corrected chi connectivity index (χ1v) is 12.1. The third kappa shape index (κ3) is 4.83. The number of Topliss-reactive ketones (excluding diaryl/α,β-unsaturated/α-hetero) is 1. The summed E-state index contributed by atoms with van der Waals surface area (Å²) in [5.41, 5.74) is -0.916. The van der Waals surface area contributed by atoms with Crippen LogP contribution in [0.25, 0.3) is 21.7 Å². The standard InChI is InChI=1S/C23H23F2N7O4S/c1-5-14(33)8-31-22(35)17-19(30(4)23(31)36)27-10-32(17)12(3)20(34)28-16-9-37-21(29-16)13-6-15(18(24)25)11(2)26-7-13/h6-7,9-10,12,18H,5,8H2,1-4H3,(H,28,34)/t12-/m0/s1. The lowest BCUT2D eigenvalue weighted by Gasteiger charge is -2.14. The molecule has 0 aliphatic heterocycles. The highest BCUT2D eigenvalue weighted by molar-refractivity contribution is 7.13. The van der Waals surface area contributed by atoms with Crippen LogP contribution in [-0.2, 0) is 23.2 Å². The number of hydrogen-bond acceptors (Lipinski definition) is 8. The molecule has 1 N–H and O–H groups in total. The predicted octanol–water partition coefficient (Wildman–Crippen LogP) is 2.84. The molecular formula is C23H23F2N7O4S. The van der Waals surface area contributed by atoms with E-state index in [1.807, 2.05) is 0 Å². The van der Waals surface area contributed by atoms with E-state index < -0.39 is 29.6 Å². The lowest BCUT2D eigenvalue weighted by atomic mass is 10.1. The third-order valence-electron chi connectivity index (χ3n) is 5.95. The number of amides is 1. The topological polar surface area (TPSA) is 134 Å². The molecule has 0 bridgehead atoms. The van der Waals surface area contributed by atoms with Crippen molar-refractivity contribution < 1.29 is 18.4 Å². The number of aryl methyl sites for hydroxylation is 2. The number of nitrogens with zero attached hydrogens (tertiary/aromatic N) is 6. The van der Waals surface area contributed by atoms with Crippen LogP contribution in [0.4, 0.5) is 14.6 Å². The fraction of sp³-hybridized carbons (Fsp3) is 0.348. The second kappa shape index (κ2) is 10.1. The van der Waals surface area contributed by atoms with Crippen molar-refractivity contribution in [3.8, 4) is 10.6 Å². The SMILES string of the molecule is CCC(=O)Cn1c(=O)c2c(ncn2[C@@H](C)C(=O)Nc2csc(-c3cnc(C)c(C(F)F)c3)n2)n(C)c1=O. The summed E-state index contributed by atoms with van der Waals surface area (Å²) in [7, 11) is 1.43. The van der Waals surface area contributed by atoms with Crippen molar-refractivity contribution in [2.45, 2.75) is 46.2 Å². The molecule has 4 rings (SSSR count). The lowest BCUT2D eigenvalue weighted by Crippen LogP contribution is -2.41. The van der Waals surface area contributed by atoms with Crippen LogP contribution in [-0.4, -0.2) is 40.3 Å². The summed E-state index contributed by atoms with van der Waals surface area (Å²) >= 11 is 1.15. The molecule has 0 fully saturated rings. The minimum absolute atomic E-state index is 0.00196. The third-order valence-corrected chi connectivity index (χ3v) is 6.84. The van der Waals surface area contributed by atoms with E-state index in [1.54, 1.807) is 12.3 Å². The maximum Gasteiger partial charge on any atom is 0.332 e. The molecule has 0 aliphatic rings. The average molecular weight is 532 g/mol.